The molecule has 0 aliphatic carbocycles. The Hall–Kier alpha value is -4.72. The third kappa shape index (κ3) is 6.23. The van der Waals surface area contributed by atoms with Gasteiger partial charge in [0.2, 0.25) is 5.91 Å². The molecule has 0 aliphatic heterocycles. The molecule has 0 aliphatic rings. The normalized spacial score (nSPS) is 11.0. The summed E-state index contributed by atoms with van der Waals surface area (Å²) < 4.78 is 10.8. The first-order valence-electron chi connectivity index (χ1n) is 12.9. The molecule has 2 aromatic carbocycles. The number of fused-ring (bicyclic) bond motifs is 1. The van der Waals surface area contributed by atoms with Gasteiger partial charge in [-0.3, -0.25) is 9.59 Å². The molecule has 200 valence electrons. The van der Waals surface area contributed by atoms with E-state index in [-0.39, 0.29) is 30.7 Å². The van der Waals surface area contributed by atoms with Gasteiger partial charge in [-0.2, -0.15) is 0 Å². The topological polar surface area (TPSA) is 85.9 Å². The van der Waals surface area contributed by atoms with Crippen molar-refractivity contribution < 1.29 is 18.4 Å². The summed E-state index contributed by atoms with van der Waals surface area (Å²) in [5.74, 6) is 0.251. The van der Waals surface area contributed by atoms with Crippen molar-refractivity contribution in [1.82, 2.24) is 14.8 Å². The Morgan fingerprint density at radius 2 is 1.59 bits per heavy atom. The standard InChI is InChI=1S/C31H32N4O4/c1-33(2)25-13-11-23(12-14-25)20-34(16-15-24-19-32-28-9-4-3-8-27(24)28)30(36)22-35(21-26-7-5-17-38-26)31(37)29-10-6-18-39-29/h3-14,17-19,32H,15-16,20-22H2,1-2H3. The van der Waals surface area contributed by atoms with Gasteiger partial charge in [-0.1, -0.05) is 30.3 Å². The Kier molecular flexibility index (Phi) is 7.82. The predicted molar refractivity (Wildman–Crippen MR) is 150 cm³/mol. The predicted octanol–water partition coefficient (Wildman–Crippen LogP) is 5.33. The maximum Gasteiger partial charge on any atom is 0.290 e. The van der Waals surface area contributed by atoms with Gasteiger partial charge in [0.1, 0.15) is 12.3 Å². The van der Waals surface area contributed by atoms with Crippen molar-refractivity contribution in [1.29, 1.82) is 0 Å². The fraction of sp³-hybridized carbons (Fsp3) is 0.226. The third-order valence-corrected chi connectivity index (χ3v) is 6.78. The second-order valence-electron chi connectivity index (χ2n) is 9.70. The zero-order chi connectivity index (χ0) is 27.2. The molecule has 0 unspecified atom stereocenters. The van der Waals surface area contributed by atoms with Gasteiger partial charge in [0.05, 0.1) is 19.1 Å². The number of hydrogen-bond donors (Lipinski definition) is 1. The summed E-state index contributed by atoms with van der Waals surface area (Å²) in [5.41, 5.74) is 4.32. The average Bonchev–Trinajstić information content (AvgIpc) is 3.73. The molecule has 8 nitrogen and oxygen atoms in total. The Balaban J connectivity index is 1.37. The molecule has 2 amide bonds. The summed E-state index contributed by atoms with van der Waals surface area (Å²) in [4.78, 5) is 35.7. The van der Waals surface area contributed by atoms with Crippen LogP contribution >= 0.6 is 0 Å². The van der Waals surface area contributed by atoms with Gasteiger partial charge in [-0.05, 0) is 60.0 Å². The molecule has 0 radical (unpaired) electrons. The summed E-state index contributed by atoms with van der Waals surface area (Å²) in [6.07, 6.45) is 5.68. The van der Waals surface area contributed by atoms with Gasteiger partial charge >= 0.3 is 0 Å². The van der Waals surface area contributed by atoms with Crippen molar-refractivity contribution in [2.45, 2.75) is 19.5 Å². The van der Waals surface area contributed by atoms with E-state index in [0.29, 0.717) is 25.3 Å². The molecule has 0 saturated carbocycles. The van der Waals surface area contributed by atoms with E-state index in [4.69, 9.17) is 8.83 Å². The van der Waals surface area contributed by atoms with Gasteiger partial charge < -0.3 is 28.5 Å². The van der Waals surface area contributed by atoms with E-state index in [1.807, 2.05) is 72.6 Å². The number of hydrogen-bond acceptors (Lipinski definition) is 5. The highest BCUT2D eigenvalue weighted by atomic mass is 16.3. The van der Waals surface area contributed by atoms with Gasteiger partial charge in [-0.15, -0.1) is 0 Å². The summed E-state index contributed by atoms with van der Waals surface area (Å²) >= 11 is 0. The zero-order valence-electron chi connectivity index (χ0n) is 22.2. The second-order valence-corrected chi connectivity index (χ2v) is 9.70. The van der Waals surface area contributed by atoms with Crippen LogP contribution in [-0.2, 0) is 24.3 Å². The Labute approximate surface area is 227 Å². The quantitative estimate of drug-likeness (QED) is 0.252. The first kappa shape index (κ1) is 25.9. The molecule has 0 spiro atoms. The Morgan fingerprint density at radius 1 is 0.821 bits per heavy atom. The van der Waals surface area contributed by atoms with Crippen molar-refractivity contribution >= 4 is 28.4 Å². The first-order chi connectivity index (χ1) is 19.0. The van der Waals surface area contributed by atoms with Crippen molar-refractivity contribution in [2.75, 3.05) is 32.1 Å². The van der Waals surface area contributed by atoms with Crippen LogP contribution in [-0.4, -0.2) is 53.8 Å². The molecule has 39 heavy (non-hydrogen) atoms. The average molecular weight is 525 g/mol. The molecule has 8 heteroatoms. The summed E-state index contributed by atoms with van der Waals surface area (Å²) in [7, 11) is 3.99. The zero-order valence-corrected chi connectivity index (χ0v) is 22.2. The smallest absolute Gasteiger partial charge is 0.290 e. The molecule has 5 rings (SSSR count). The number of amides is 2. The van der Waals surface area contributed by atoms with Crippen LogP contribution in [0.4, 0.5) is 5.69 Å². The van der Waals surface area contributed by atoms with Gasteiger partial charge in [0.15, 0.2) is 5.76 Å². The number of furan rings is 2. The highest BCUT2D eigenvalue weighted by Gasteiger charge is 2.25. The summed E-state index contributed by atoms with van der Waals surface area (Å²) in [6, 6.07) is 23.1. The molecule has 3 aromatic heterocycles. The van der Waals surface area contributed by atoms with E-state index in [9.17, 15) is 9.59 Å². The monoisotopic (exact) mass is 524 g/mol. The van der Waals surface area contributed by atoms with Crippen molar-refractivity contribution in [3.8, 4) is 0 Å². The number of anilines is 1. The summed E-state index contributed by atoms with van der Waals surface area (Å²) in [6.45, 7) is 0.980. The van der Waals surface area contributed by atoms with Crippen molar-refractivity contribution in [2.24, 2.45) is 0 Å². The molecular formula is C31H32N4O4. The number of nitrogens with zero attached hydrogens (tertiary/aromatic N) is 3. The van der Waals surface area contributed by atoms with Crippen LogP contribution in [0.15, 0.2) is 100 Å². The number of carbonyl (C=O) groups excluding carboxylic acids is 2. The first-order valence-corrected chi connectivity index (χ1v) is 12.9. The maximum absolute atomic E-state index is 13.8. The third-order valence-electron chi connectivity index (χ3n) is 6.78. The number of rotatable bonds is 11. The molecule has 1 N–H and O–H groups in total. The molecular weight excluding hydrogens is 492 g/mol. The number of benzene rings is 2. The molecule has 5 aromatic rings. The molecule has 0 bridgehead atoms. The van der Waals surface area contributed by atoms with E-state index in [2.05, 4.69) is 11.1 Å². The molecule has 0 fully saturated rings. The summed E-state index contributed by atoms with van der Waals surface area (Å²) in [5, 5.41) is 1.15. The number of aromatic nitrogens is 1. The fourth-order valence-electron chi connectivity index (χ4n) is 4.62. The number of para-hydroxylation sites is 1. The van der Waals surface area contributed by atoms with Crippen molar-refractivity contribution in [3.63, 3.8) is 0 Å². The lowest BCUT2D eigenvalue weighted by Gasteiger charge is -2.27. The fourth-order valence-corrected chi connectivity index (χ4v) is 4.62. The van der Waals surface area contributed by atoms with Crippen LogP contribution in [0.2, 0.25) is 0 Å². The van der Waals surface area contributed by atoms with Crippen molar-refractivity contribution in [3.05, 3.63) is 114 Å². The number of nitrogens with one attached hydrogen (secondary N) is 1. The minimum absolute atomic E-state index is 0.107. The lowest BCUT2D eigenvalue weighted by Crippen LogP contribution is -2.43. The lowest BCUT2D eigenvalue weighted by atomic mass is 10.1. The van der Waals surface area contributed by atoms with Gasteiger partial charge in [-0.25, -0.2) is 0 Å². The van der Waals surface area contributed by atoms with Crippen LogP contribution in [0.5, 0.6) is 0 Å². The second kappa shape index (κ2) is 11.8. The largest absolute Gasteiger partial charge is 0.467 e. The molecule has 0 saturated heterocycles. The van der Waals surface area contributed by atoms with E-state index in [0.717, 1.165) is 27.7 Å². The Bertz CT molecular complexity index is 1500. The lowest BCUT2D eigenvalue weighted by molar-refractivity contribution is -0.132. The molecule has 0 atom stereocenters. The highest BCUT2D eigenvalue weighted by molar-refractivity contribution is 5.94. The number of aromatic amines is 1. The maximum atomic E-state index is 13.8. The SMILES string of the molecule is CN(C)c1ccc(CN(CCc2c[nH]c3ccccc23)C(=O)CN(Cc2ccco2)C(=O)c2ccco2)cc1. The van der Waals surface area contributed by atoms with Gasteiger partial charge in [0.25, 0.3) is 5.91 Å². The van der Waals surface area contributed by atoms with E-state index < -0.39 is 0 Å². The Morgan fingerprint density at radius 3 is 2.31 bits per heavy atom. The van der Waals surface area contributed by atoms with Crippen LogP contribution < -0.4 is 4.90 Å². The van der Waals surface area contributed by atoms with Crippen LogP contribution in [0.1, 0.15) is 27.4 Å². The minimum atomic E-state index is -0.364. The van der Waals surface area contributed by atoms with Crippen LogP contribution in [0, 0.1) is 0 Å². The van der Waals surface area contributed by atoms with E-state index in [1.165, 1.54) is 11.2 Å². The van der Waals surface area contributed by atoms with Crippen LogP contribution in [0.3, 0.4) is 0 Å². The number of H-pyrrole nitrogens is 1. The highest BCUT2D eigenvalue weighted by Crippen LogP contribution is 2.20. The van der Waals surface area contributed by atoms with E-state index >= 15 is 0 Å². The van der Waals surface area contributed by atoms with Crippen LogP contribution in [0.25, 0.3) is 10.9 Å². The number of carbonyl (C=O) groups is 2. The minimum Gasteiger partial charge on any atom is -0.467 e. The van der Waals surface area contributed by atoms with E-state index in [1.54, 1.807) is 30.5 Å². The molecule has 3 heterocycles. The van der Waals surface area contributed by atoms with Gasteiger partial charge in [0, 0.05) is 50.0 Å².